The van der Waals surface area contributed by atoms with Crippen molar-refractivity contribution in [3.63, 3.8) is 0 Å². The van der Waals surface area contributed by atoms with Gasteiger partial charge in [0.15, 0.2) is 0 Å². The number of carbonyl (C=O) groups excluding carboxylic acids is 1. The molecule has 1 amide bonds. The van der Waals surface area contributed by atoms with E-state index in [1.165, 1.54) is 0 Å². The highest BCUT2D eigenvalue weighted by atomic mass is 35.5. The maximum atomic E-state index is 12.5. The molecule has 146 valence electrons. The van der Waals surface area contributed by atoms with Crippen molar-refractivity contribution in [1.82, 2.24) is 14.9 Å². The maximum Gasteiger partial charge on any atom is 0.246 e. The van der Waals surface area contributed by atoms with Gasteiger partial charge in [-0.3, -0.25) is 4.79 Å². The number of benzene rings is 2. The number of rotatable bonds is 4. The van der Waals surface area contributed by atoms with Crippen molar-refractivity contribution < 1.29 is 4.79 Å². The molecular formula is C23H21ClN4O. The third-order valence-electron chi connectivity index (χ3n) is 4.93. The van der Waals surface area contributed by atoms with Crippen molar-refractivity contribution in [1.29, 1.82) is 0 Å². The number of halogens is 1. The van der Waals surface area contributed by atoms with E-state index in [1.807, 2.05) is 71.6 Å². The second-order valence-electron chi connectivity index (χ2n) is 6.82. The number of anilines is 1. The van der Waals surface area contributed by atoms with E-state index in [4.69, 9.17) is 11.6 Å². The number of amides is 1. The van der Waals surface area contributed by atoms with Crippen LogP contribution in [-0.2, 0) is 4.79 Å². The van der Waals surface area contributed by atoms with Gasteiger partial charge in [0.2, 0.25) is 5.91 Å². The number of nitrogens with zero attached hydrogens (tertiary/aromatic N) is 4. The molecule has 1 aliphatic rings. The lowest BCUT2D eigenvalue weighted by molar-refractivity contribution is -0.126. The van der Waals surface area contributed by atoms with Gasteiger partial charge in [0.25, 0.3) is 0 Å². The first-order chi connectivity index (χ1) is 14.2. The summed E-state index contributed by atoms with van der Waals surface area (Å²) < 4.78 is 0. The Labute approximate surface area is 175 Å². The maximum absolute atomic E-state index is 12.5. The Morgan fingerprint density at radius 1 is 0.931 bits per heavy atom. The second kappa shape index (κ2) is 8.88. The zero-order valence-electron chi connectivity index (χ0n) is 15.9. The van der Waals surface area contributed by atoms with Crippen LogP contribution in [0.15, 0.2) is 73.1 Å². The van der Waals surface area contributed by atoms with Gasteiger partial charge in [-0.2, -0.15) is 0 Å². The molecule has 0 saturated carbocycles. The van der Waals surface area contributed by atoms with Crippen LogP contribution in [0.25, 0.3) is 17.3 Å². The van der Waals surface area contributed by atoms with Crippen molar-refractivity contribution in [2.24, 2.45) is 0 Å². The van der Waals surface area contributed by atoms with Crippen LogP contribution in [0.3, 0.4) is 0 Å². The molecule has 1 saturated heterocycles. The van der Waals surface area contributed by atoms with Crippen LogP contribution >= 0.6 is 11.6 Å². The van der Waals surface area contributed by atoms with Crippen LogP contribution in [0.5, 0.6) is 0 Å². The molecule has 0 unspecified atom stereocenters. The zero-order valence-corrected chi connectivity index (χ0v) is 16.7. The van der Waals surface area contributed by atoms with Gasteiger partial charge in [0.05, 0.1) is 5.69 Å². The van der Waals surface area contributed by atoms with Gasteiger partial charge >= 0.3 is 0 Å². The fourth-order valence-electron chi connectivity index (χ4n) is 3.29. The van der Waals surface area contributed by atoms with E-state index < -0.39 is 0 Å². The summed E-state index contributed by atoms with van der Waals surface area (Å²) in [6.07, 6.45) is 5.04. The van der Waals surface area contributed by atoms with E-state index in [0.717, 1.165) is 35.7 Å². The number of hydrogen-bond acceptors (Lipinski definition) is 4. The Morgan fingerprint density at radius 2 is 1.66 bits per heavy atom. The highest BCUT2D eigenvalue weighted by Gasteiger charge is 2.21. The Morgan fingerprint density at radius 3 is 2.38 bits per heavy atom. The van der Waals surface area contributed by atoms with E-state index >= 15 is 0 Å². The van der Waals surface area contributed by atoms with Crippen LogP contribution in [0.1, 0.15) is 5.56 Å². The van der Waals surface area contributed by atoms with Gasteiger partial charge in [-0.25, -0.2) is 9.97 Å². The largest absolute Gasteiger partial charge is 0.353 e. The Bertz CT molecular complexity index is 997. The van der Waals surface area contributed by atoms with E-state index in [1.54, 1.807) is 12.4 Å². The van der Waals surface area contributed by atoms with Crippen molar-refractivity contribution in [2.75, 3.05) is 31.1 Å². The average Bonchev–Trinajstić information content (AvgIpc) is 2.79. The lowest BCUT2D eigenvalue weighted by Crippen LogP contribution is -2.48. The summed E-state index contributed by atoms with van der Waals surface area (Å²) in [4.78, 5) is 25.4. The minimum Gasteiger partial charge on any atom is -0.353 e. The third-order valence-corrected chi connectivity index (χ3v) is 5.18. The second-order valence-corrected chi connectivity index (χ2v) is 7.26. The first kappa shape index (κ1) is 19.2. The Balaban J connectivity index is 1.37. The number of aromatic nitrogens is 2. The molecule has 0 N–H and O–H groups in total. The molecule has 6 heteroatoms. The van der Waals surface area contributed by atoms with E-state index in [-0.39, 0.29) is 5.91 Å². The van der Waals surface area contributed by atoms with Crippen LogP contribution in [-0.4, -0.2) is 47.0 Å². The molecule has 2 heterocycles. The Hall–Kier alpha value is -3.18. The number of carbonyl (C=O) groups is 1. The quantitative estimate of drug-likeness (QED) is 0.613. The predicted octanol–water partition coefficient (Wildman–Crippen LogP) is 4.16. The van der Waals surface area contributed by atoms with Crippen molar-refractivity contribution >= 4 is 29.4 Å². The standard InChI is InChI=1S/C23H21ClN4O/c24-20-9-6-18(7-10-20)8-11-23(29)28-14-12-27(13-15-28)22-16-21(25-17-26-22)19-4-2-1-3-5-19/h1-11,16-17H,12-15H2/b11-8+. The summed E-state index contributed by atoms with van der Waals surface area (Å²) in [5.41, 5.74) is 2.92. The highest BCUT2D eigenvalue weighted by molar-refractivity contribution is 6.30. The Kier molecular flexibility index (Phi) is 5.86. The van der Waals surface area contributed by atoms with Gasteiger partial charge in [0, 0.05) is 48.9 Å². The molecular weight excluding hydrogens is 384 g/mol. The molecule has 1 aliphatic heterocycles. The molecule has 0 bridgehead atoms. The van der Waals surface area contributed by atoms with Crippen LogP contribution in [0.4, 0.5) is 5.82 Å². The van der Waals surface area contributed by atoms with Crippen LogP contribution < -0.4 is 4.90 Å². The van der Waals surface area contributed by atoms with Crippen LogP contribution in [0, 0.1) is 0 Å². The lowest BCUT2D eigenvalue weighted by atomic mass is 10.1. The molecule has 2 aromatic carbocycles. The number of piperazine rings is 1. The zero-order chi connectivity index (χ0) is 20.1. The first-order valence-electron chi connectivity index (χ1n) is 9.54. The molecule has 0 atom stereocenters. The van der Waals surface area contributed by atoms with Crippen molar-refractivity contribution in [3.05, 3.63) is 83.7 Å². The van der Waals surface area contributed by atoms with Gasteiger partial charge in [-0.05, 0) is 23.8 Å². The molecule has 1 fully saturated rings. The summed E-state index contributed by atoms with van der Waals surface area (Å²) in [6, 6.07) is 19.5. The molecule has 0 spiro atoms. The molecule has 1 aromatic heterocycles. The molecule has 3 aromatic rings. The molecule has 4 rings (SSSR count). The molecule has 5 nitrogen and oxygen atoms in total. The summed E-state index contributed by atoms with van der Waals surface area (Å²) >= 11 is 5.89. The monoisotopic (exact) mass is 404 g/mol. The minimum atomic E-state index is 0.0206. The van der Waals surface area contributed by atoms with Crippen LogP contribution in [0.2, 0.25) is 5.02 Å². The normalized spacial score (nSPS) is 14.4. The average molecular weight is 405 g/mol. The third kappa shape index (κ3) is 4.81. The predicted molar refractivity (Wildman–Crippen MR) is 117 cm³/mol. The number of hydrogen-bond donors (Lipinski definition) is 0. The van der Waals surface area contributed by atoms with Gasteiger partial charge < -0.3 is 9.80 Å². The summed E-state index contributed by atoms with van der Waals surface area (Å²) in [6.45, 7) is 2.81. The van der Waals surface area contributed by atoms with E-state index in [2.05, 4.69) is 14.9 Å². The minimum absolute atomic E-state index is 0.0206. The van der Waals surface area contributed by atoms with E-state index in [0.29, 0.717) is 18.1 Å². The fourth-order valence-corrected chi connectivity index (χ4v) is 3.42. The lowest BCUT2D eigenvalue weighted by Gasteiger charge is -2.35. The SMILES string of the molecule is O=C(/C=C/c1ccc(Cl)cc1)N1CCN(c2cc(-c3ccccc3)ncn2)CC1. The molecule has 0 aliphatic carbocycles. The summed E-state index contributed by atoms with van der Waals surface area (Å²) in [5.74, 6) is 0.912. The smallest absolute Gasteiger partial charge is 0.246 e. The van der Waals surface area contributed by atoms with Crippen molar-refractivity contribution in [2.45, 2.75) is 0 Å². The van der Waals surface area contributed by atoms with Crippen molar-refractivity contribution in [3.8, 4) is 11.3 Å². The van der Waals surface area contributed by atoms with Gasteiger partial charge in [-0.15, -0.1) is 0 Å². The van der Waals surface area contributed by atoms with Gasteiger partial charge in [0.1, 0.15) is 12.1 Å². The summed E-state index contributed by atoms with van der Waals surface area (Å²) in [5, 5.41) is 0.685. The molecule has 0 radical (unpaired) electrons. The first-order valence-corrected chi connectivity index (χ1v) is 9.92. The summed E-state index contributed by atoms with van der Waals surface area (Å²) in [7, 11) is 0. The fraction of sp³-hybridized carbons (Fsp3) is 0.174. The topological polar surface area (TPSA) is 49.3 Å². The van der Waals surface area contributed by atoms with E-state index in [9.17, 15) is 4.79 Å². The van der Waals surface area contributed by atoms with Gasteiger partial charge in [-0.1, -0.05) is 54.1 Å². The molecule has 29 heavy (non-hydrogen) atoms. The highest BCUT2D eigenvalue weighted by Crippen LogP contribution is 2.21.